The first-order chi connectivity index (χ1) is 10.2. The van der Waals surface area contributed by atoms with Crippen LogP contribution >= 0.6 is 24.0 Å². The molecular formula is C18H23IN2O. The largest absolute Gasteiger partial charge is 0.453 e. The van der Waals surface area contributed by atoms with Crippen LogP contribution in [0.2, 0.25) is 0 Å². The topological polar surface area (TPSA) is 15.7 Å². The van der Waals surface area contributed by atoms with Crippen LogP contribution in [0.15, 0.2) is 48.5 Å². The van der Waals surface area contributed by atoms with Crippen molar-refractivity contribution in [1.29, 1.82) is 0 Å². The molecule has 0 bridgehead atoms. The monoisotopic (exact) mass is 410 g/mol. The summed E-state index contributed by atoms with van der Waals surface area (Å²) in [5.41, 5.74) is 2.31. The van der Waals surface area contributed by atoms with Crippen LogP contribution in [0.1, 0.15) is 13.3 Å². The molecule has 0 saturated heterocycles. The first-order valence-corrected chi connectivity index (χ1v) is 7.46. The summed E-state index contributed by atoms with van der Waals surface area (Å²) in [6.07, 6.45) is 1.11. The molecule has 1 aliphatic heterocycles. The molecule has 0 N–H and O–H groups in total. The average molecular weight is 410 g/mol. The van der Waals surface area contributed by atoms with E-state index in [4.69, 9.17) is 4.74 Å². The Morgan fingerprint density at radius 3 is 1.95 bits per heavy atom. The molecule has 0 radical (unpaired) electrons. The zero-order chi connectivity index (χ0) is 14.8. The SMILES string of the molecule is CC(CCN1c2ccccc2Oc2ccccc21)N(C)C.I. The zero-order valence-electron chi connectivity index (χ0n) is 13.3. The highest BCUT2D eigenvalue weighted by Crippen LogP contribution is 2.46. The Morgan fingerprint density at radius 2 is 1.45 bits per heavy atom. The fraction of sp³-hybridized carbons (Fsp3) is 0.333. The number of benzene rings is 2. The summed E-state index contributed by atoms with van der Waals surface area (Å²) < 4.78 is 6.01. The van der Waals surface area contributed by atoms with E-state index in [9.17, 15) is 0 Å². The molecule has 2 aromatic rings. The van der Waals surface area contributed by atoms with Gasteiger partial charge in [-0.25, -0.2) is 0 Å². The zero-order valence-corrected chi connectivity index (χ0v) is 15.7. The van der Waals surface area contributed by atoms with Gasteiger partial charge in [-0.1, -0.05) is 24.3 Å². The van der Waals surface area contributed by atoms with Crippen molar-refractivity contribution >= 4 is 35.4 Å². The first-order valence-electron chi connectivity index (χ1n) is 7.46. The third kappa shape index (κ3) is 3.38. The van der Waals surface area contributed by atoms with Gasteiger partial charge in [0.15, 0.2) is 11.5 Å². The minimum absolute atomic E-state index is 0. The molecule has 2 aromatic carbocycles. The predicted molar refractivity (Wildman–Crippen MR) is 103 cm³/mol. The van der Waals surface area contributed by atoms with Crippen molar-refractivity contribution in [3.05, 3.63) is 48.5 Å². The van der Waals surface area contributed by atoms with Crippen LogP contribution in [-0.2, 0) is 0 Å². The van der Waals surface area contributed by atoms with Crippen molar-refractivity contribution in [1.82, 2.24) is 4.90 Å². The summed E-state index contributed by atoms with van der Waals surface area (Å²) in [4.78, 5) is 4.63. The van der Waals surface area contributed by atoms with Gasteiger partial charge in [0.1, 0.15) is 0 Å². The van der Waals surface area contributed by atoms with Crippen LogP contribution in [0.5, 0.6) is 11.5 Å². The molecule has 0 spiro atoms. The van der Waals surface area contributed by atoms with E-state index in [2.05, 4.69) is 55.1 Å². The fourth-order valence-corrected chi connectivity index (χ4v) is 2.60. The van der Waals surface area contributed by atoms with Gasteiger partial charge in [0.25, 0.3) is 0 Å². The Kier molecular flexibility index (Phi) is 5.69. The quantitative estimate of drug-likeness (QED) is 0.668. The lowest BCUT2D eigenvalue weighted by Crippen LogP contribution is -2.30. The van der Waals surface area contributed by atoms with Crippen molar-refractivity contribution < 1.29 is 4.74 Å². The fourth-order valence-electron chi connectivity index (χ4n) is 2.60. The lowest BCUT2D eigenvalue weighted by molar-refractivity contribution is 0.301. The third-order valence-corrected chi connectivity index (χ3v) is 4.18. The minimum atomic E-state index is 0. The summed E-state index contributed by atoms with van der Waals surface area (Å²) in [7, 11) is 4.26. The van der Waals surface area contributed by atoms with Crippen molar-refractivity contribution in [2.45, 2.75) is 19.4 Å². The first kappa shape index (κ1) is 17.1. The summed E-state index contributed by atoms with van der Waals surface area (Å²) >= 11 is 0. The van der Waals surface area contributed by atoms with E-state index in [-0.39, 0.29) is 24.0 Å². The van der Waals surface area contributed by atoms with Gasteiger partial charge in [0.05, 0.1) is 11.4 Å². The van der Waals surface area contributed by atoms with E-state index in [1.807, 2.05) is 24.3 Å². The van der Waals surface area contributed by atoms with Crippen LogP contribution in [0.4, 0.5) is 11.4 Å². The van der Waals surface area contributed by atoms with E-state index in [0.29, 0.717) is 6.04 Å². The van der Waals surface area contributed by atoms with E-state index >= 15 is 0 Å². The molecule has 4 heteroatoms. The van der Waals surface area contributed by atoms with Crippen LogP contribution in [-0.4, -0.2) is 31.6 Å². The van der Waals surface area contributed by atoms with Gasteiger partial charge in [0.2, 0.25) is 0 Å². The van der Waals surface area contributed by atoms with E-state index < -0.39 is 0 Å². The van der Waals surface area contributed by atoms with Gasteiger partial charge < -0.3 is 14.5 Å². The predicted octanol–water partition coefficient (Wildman–Crippen LogP) is 4.89. The number of rotatable bonds is 4. The standard InChI is InChI=1S/C18H22N2O.HI/c1-14(19(2)3)12-13-20-15-8-4-6-10-17(15)21-18-11-7-5-9-16(18)20;/h4-11,14H,12-13H2,1-3H3;1H. The molecule has 3 nitrogen and oxygen atoms in total. The van der Waals surface area contributed by atoms with Crippen molar-refractivity contribution in [3.8, 4) is 11.5 Å². The van der Waals surface area contributed by atoms with Gasteiger partial charge in [-0.2, -0.15) is 0 Å². The number of nitrogens with zero attached hydrogens (tertiary/aromatic N) is 2. The Morgan fingerprint density at radius 1 is 0.955 bits per heavy atom. The maximum atomic E-state index is 6.01. The molecule has 22 heavy (non-hydrogen) atoms. The van der Waals surface area contributed by atoms with Crippen molar-refractivity contribution in [2.24, 2.45) is 0 Å². The maximum Gasteiger partial charge on any atom is 0.151 e. The van der Waals surface area contributed by atoms with E-state index in [0.717, 1.165) is 35.8 Å². The number of hydrogen-bond acceptors (Lipinski definition) is 3. The molecule has 0 aliphatic carbocycles. The highest BCUT2D eigenvalue weighted by molar-refractivity contribution is 14.0. The molecule has 1 aliphatic rings. The van der Waals surface area contributed by atoms with Gasteiger partial charge in [-0.3, -0.25) is 0 Å². The second kappa shape index (κ2) is 7.33. The lowest BCUT2D eigenvalue weighted by atomic mass is 10.1. The Bertz CT molecular complexity index is 584. The summed E-state index contributed by atoms with van der Waals surface area (Å²) in [6.45, 7) is 3.25. The maximum absolute atomic E-state index is 6.01. The van der Waals surface area contributed by atoms with Gasteiger partial charge in [0, 0.05) is 12.6 Å². The molecule has 1 atom stereocenters. The minimum Gasteiger partial charge on any atom is -0.453 e. The van der Waals surface area contributed by atoms with E-state index in [1.165, 1.54) is 0 Å². The molecule has 1 unspecified atom stereocenters. The van der Waals surface area contributed by atoms with Gasteiger partial charge in [-0.15, -0.1) is 24.0 Å². The normalized spacial score (nSPS) is 13.7. The Labute approximate surface area is 149 Å². The van der Waals surface area contributed by atoms with Crippen LogP contribution in [0.3, 0.4) is 0 Å². The molecule has 118 valence electrons. The van der Waals surface area contributed by atoms with Crippen LogP contribution < -0.4 is 9.64 Å². The summed E-state index contributed by atoms with van der Waals surface area (Å²) in [5, 5.41) is 0. The number of hydrogen-bond donors (Lipinski definition) is 0. The molecular weight excluding hydrogens is 387 g/mol. The third-order valence-electron chi connectivity index (χ3n) is 4.18. The van der Waals surface area contributed by atoms with E-state index in [1.54, 1.807) is 0 Å². The average Bonchev–Trinajstić information content (AvgIpc) is 2.51. The van der Waals surface area contributed by atoms with Crippen molar-refractivity contribution in [2.75, 3.05) is 25.5 Å². The molecule has 1 heterocycles. The Balaban J connectivity index is 0.00000176. The van der Waals surface area contributed by atoms with Gasteiger partial charge >= 0.3 is 0 Å². The highest BCUT2D eigenvalue weighted by Gasteiger charge is 2.23. The number of ether oxygens (including phenoxy) is 1. The lowest BCUT2D eigenvalue weighted by Gasteiger charge is -2.34. The number of halogens is 1. The van der Waals surface area contributed by atoms with Crippen LogP contribution in [0, 0.1) is 0 Å². The van der Waals surface area contributed by atoms with Crippen molar-refractivity contribution in [3.63, 3.8) is 0 Å². The number of para-hydroxylation sites is 4. The van der Waals surface area contributed by atoms with Gasteiger partial charge in [-0.05, 0) is 51.7 Å². The highest BCUT2D eigenvalue weighted by atomic mass is 127. The summed E-state index contributed by atoms with van der Waals surface area (Å²) in [6, 6.07) is 17.1. The number of fused-ring (bicyclic) bond motifs is 2. The molecule has 3 rings (SSSR count). The molecule has 0 saturated carbocycles. The summed E-state index contributed by atoms with van der Waals surface area (Å²) in [5.74, 6) is 1.88. The van der Waals surface area contributed by atoms with Crippen LogP contribution in [0.25, 0.3) is 0 Å². The second-order valence-corrected chi connectivity index (χ2v) is 5.79. The number of anilines is 2. The smallest absolute Gasteiger partial charge is 0.151 e. The molecule has 0 amide bonds. The molecule has 0 aromatic heterocycles. The molecule has 0 fully saturated rings. The Hall–Kier alpha value is -1.27. The second-order valence-electron chi connectivity index (χ2n) is 5.79.